The van der Waals surface area contributed by atoms with Gasteiger partial charge in [0, 0.05) is 36.9 Å². The molecular formula is C17H25N3O3. The number of primary amides is 1. The number of hydrogen-bond donors (Lipinski definition) is 3. The molecule has 1 aliphatic heterocycles. The van der Waals surface area contributed by atoms with E-state index >= 15 is 0 Å². The molecule has 1 unspecified atom stereocenters. The minimum atomic E-state index is -0.483. The largest absolute Gasteiger partial charge is 0.396 e. The Labute approximate surface area is 136 Å². The van der Waals surface area contributed by atoms with Gasteiger partial charge in [-0.2, -0.15) is 0 Å². The maximum absolute atomic E-state index is 12.1. The van der Waals surface area contributed by atoms with Gasteiger partial charge in [-0.1, -0.05) is 6.42 Å². The highest BCUT2D eigenvalue weighted by atomic mass is 16.3. The maximum Gasteiger partial charge on any atom is 0.248 e. The lowest BCUT2D eigenvalue weighted by molar-refractivity contribution is -0.116. The first-order chi connectivity index (χ1) is 11.1. The summed E-state index contributed by atoms with van der Waals surface area (Å²) in [6, 6.07) is 6.93. The molecule has 1 saturated heterocycles. The minimum absolute atomic E-state index is 0.0508. The van der Waals surface area contributed by atoms with Crippen LogP contribution >= 0.6 is 0 Å². The van der Waals surface area contributed by atoms with Crippen molar-refractivity contribution in [3.8, 4) is 0 Å². The summed E-state index contributed by atoms with van der Waals surface area (Å²) in [4.78, 5) is 25.4. The number of hydrogen-bond acceptors (Lipinski definition) is 4. The topological polar surface area (TPSA) is 95.7 Å². The predicted molar refractivity (Wildman–Crippen MR) is 89.1 cm³/mol. The Kier molecular flexibility index (Phi) is 6.55. The third kappa shape index (κ3) is 5.33. The van der Waals surface area contributed by atoms with Crippen molar-refractivity contribution >= 4 is 17.5 Å². The van der Waals surface area contributed by atoms with E-state index in [2.05, 4.69) is 10.2 Å². The van der Waals surface area contributed by atoms with Gasteiger partial charge in [0.1, 0.15) is 0 Å². The van der Waals surface area contributed by atoms with Gasteiger partial charge in [-0.25, -0.2) is 0 Å². The van der Waals surface area contributed by atoms with Crippen LogP contribution in [0.5, 0.6) is 0 Å². The first kappa shape index (κ1) is 17.4. The van der Waals surface area contributed by atoms with Crippen LogP contribution in [0.25, 0.3) is 0 Å². The molecule has 1 heterocycles. The van der Waals surface area contributed by atoms with Crippen LogP contribution in [0, 0.1) is 0 Å². The number of rotatable bonds is 7. The molecule has 2 amide bonds. The number of nitrogens with zero attached hydrogens (tertiary/aromatic N) is 1. The number of amides is 2. The van der Waals surface area contributed by atoms with Gasteiger partial charge in [0.25, 0.3) is 0 Å². The number of anilines is 1. The van der Waals surface area contributed by atoms with Crippen molar-refractivity contribution in [2.24, 2.45) is 5.73 Å². The van der Waals surface area contributed by atoms with Gasteiger partial charge in [-0.15, -0.1) is 0 Å². The number of nitrogens with one attached hydrogen (secondary N) is 1. The van der Waals surface area contributed by atoms with Gasteiger partial charge in [0.05, 0.1) is 0 Å². The molecule has 0 aromatic heterocycles. The Hall–Kier alpha value is -1.92. The summed E-state index contributed by atoms with van der Waals surface area (Å²) in [6.45, 7) is 1.89. The summed E-state index contributed by atoms with van der Waals surface area (Å²) in [7, 11) is 0. The molecule has 1 aromatic rings. The van der Waals surface area contributed by atoms with Crippen molar-refractivity contribution in [1.29, 1.82) is 0 Å². The monoisotopic (exact) mass is 319 g/mol. The molecule has 0 bridgehead atoms. The Balaban J connectivity index is 1.81. The molecule has 126 valence electrons. The van der Waals surface area contributed by atoms with E-state index in [4.69, 9.17) is 10.8 Å². The highest BCUT2D eigenvalue weighted by molar-refractivity contribution is 5.94. The number of benzene rings is 1. The number of carbonyl (C=O) groups excluding carboxylic acids is 2. The molecule has 4 N–H and O–H groups in total. The highest BCUT2D eigenvalue weighted by Gasteiger charge is 2.22. The van der Waals surface area contributed by atoms with E-state index in [1.54, 1.807) is 24.3 Å². The average molecular weight is 319 g/mol. The Bertz CT molecular complexity index is 528. The Morgan fingerprint density at radius 1 is 1.26 bits per heavy atom. The molecule has 6 heteroatoms. The first-order valence-corrected chi connectivity index (χ1v) is 8.15. The fourth-order valence-electron chi connectivity index (χ4n) is 3.02. The number of aliphatic hydroxyl groups excluding tert-OH is 1. The number of aliphatic hydroxyl groups is 1. The summed E-state index contributed by atoms with van der Waals surface area (Å²) in [5.74, 6) is -0.534. The average Bonchev–Trinajstić information content (AvgIpc) is 2.55. The van der Waals surface area contributed by atoms with Crippen LogP contribution in [0.4, 0.5) is 5.69 Å². The van der Waals surface area contributed by atoms with E-state index in [0.29, 0.717) is 30.3 Å². The van der Waals surface area contributed by atoms with E-state index in [0.717, 1.165) is 25.8 Å². The van der Waals surface area contributed by atoms with Crippen molar-refractivity contribution in [3.05, 3.63) is 29.8 Å². The van der Waals surface area contributed by atoms with Gasteiger partial charge in [-0.3, -0.25) is 14.5 Å². The number of piperidine rings is 1. The zero-order chi connectivity index (χ0) is 16.7. The zero-order valence-corrected chi connectivity index (χ0v) is 13.3. The van der Waals surface area contributed by atoms with Crippen LogP contribution in [0.1, 0.15) is 42.5 Å². The fraction of sp³-hybridized carbons (Fsp3) is 0.529. The second-order valence-electron chi connectivity index (χ2n) is 5.94. The van der Waals surface area contributed by atoms with E-state index < -0.39 is 5.91 Å². The molecular weight excluding hydrogens is 294 g/mol. The van der Waals surface area contributed by atoms with E-state index in [1.165, 1.54) is 6.42 Å². The second-order valence-corrected chi connectivity index (χ2v) is 5.94. The molecule has 1 atom stereocenters. The summed E-state index contributed by atoms with van der Waals surface area (Å²) in [6.07, 6.45) is 4.63. The van der Waals surface area contributed by atoms with Crippen LogP contribution < -0.4 is 11.1 Å². The lowest BCUT2D eigenvalue weighted by Crippen LogP contribution is -2.41. The highest BCUT2D eigenvalue weighted by Crippen LogP contribution is 2.19. The molecule has 0 radical (unpaired) electrons. The van der Waals surface area contributed by atoms with Crippen molar-refractivity contribution in [3.63, 3.8) is 0 Å². The molecule has 1 aliphatic rings. The van der Waals surface area contributed by atoms with Crippen LogP contribution in [0.3, 0.4) is 0 Å². The van der Waals surface area contributed by atoms with Crippen molar-refractivity contribution in [1.82, 2.24) is 4.90 Å². The van der Waals surface area contributed by atoms with Gasteiger partial charge in [-0.05, 0) is 50.1 Å². The number of carbonyl (C=O) groups is 2. The maximum atomic E-state index is 12.1. The smallest absolute Gasteiger partial charge is 0.248 e. The lowest BCUT2D eigenvalue weighted by Gasteiger charge is -2.35. The zero-order valence-electron chi connectivity index (χ0n) is 13.3. The summed E-state index contributed by atoms with van der Waals surface area (Å²) in [5.41, 5.74) is 6.26. The predicted octanol–water partition coefficient (Wildman–Crippen LogP) is 1.35. The SMILES string of the molecule is NC(=O)c1ccc(NC(=O)CCN2CCCCC2CCO)cc1. The van der Waals surface area contributed by atoms with Crippen molar-refractivity contribution < 1.29 is 14.7 Å². The van der Waals surface area contributed by atoms with E-state index in [9.17, 15) is 9.59 Å². The van der Waals surface area contributed by atoms with E-state index in [-0.39, 0.29) is 12.5 Å². The third-order valence-corrected chi connectivity index (χ3v) is 4.29. The number of likely N-dealkylation sites (tertiary alicyclic amines) is 1. The van der Waals surface area contributed by atoms with Crippen molar-refractivity contribution in [2.75, 3.05) is 25.0 Å². The lowest BCUT2D eigenvalue weighted by atomic mass is 9.99. The Morgan fingerprint density at radius 2 is 2.00 bits per heavy atom. The van der Waals surface area contributed by atoms with Crippen molar-refractivity contribution in [2.45, 2.75) is 38.1 Å². The molecule has 6 nitrogen and oxygen atoms in total. The molecule has 2 rings (SSSR count). The molecule has 0 saturated carbocycles. The van der Waals surface area contributed by atoms with Gasteiger partial charge >= 0.3 is 0 Å². The van der Waals surface area contributed by atoms with Crippen LogP contribution in [-0.4, -0.2) is 47.6 Å². The van der Waals surface area contributed by atoms with Crippen LogP contribution in [0.15, 0.2) is 24.3 Å². The molecule has 0 aliphatic carbocycles. The molecule has 1 aromatic carbocycles. The number of nitrogens with two attached hydrogens (primary N) is 1. The van der Waals surface area contributed by atoms with Gasteiger partial charge in [0.2, 0.25) is 11.8 Å². The minimum Gasteiger partial charge on any atom is -0.396 e. The standard InChI is InChI=1S/C17H25N3O3/c18-17(23)13-4-6-14(7-5-13)19-16(22)8-11-20-10-2-1-3-15(20)9-12-21/h4-7,15,21H,1-3,8-12H2,(H2,18,23)(H,19,22). The first-order valence-electron chi connectivity index (χ1n) is 8.15. The van der Waals surface area contributed by atoms with Gasteiger partial charge in [0.15, 0.2) is 0 Å². The third-order valence-electron chi connectivity index (χ3n) is 4.29. The van der Waals surface area contributed by atoms with Crippen LogP contribution in [-0.2, 0) is 4.79 Å². The summed E-state index contributed by atoms with van der Waals surface area (Å²) >= 11 is 0. The Morgan fingerprint density at radius 3 is 2.65 bits per heavy atom. The molecule has 1 fully saturated rings. The fourth-order valence-corrected chi connectivity index (χ4v) is 3.02. The molecule has 0 spiro atoms. The quantitative estimate of drug-likeness (QED) is 0.707. The summed E-state index contributed by atoms with van der Waals surface area (Å²) in [5, 5.41) is 12.0. The van der Waals surface area contributed by atoms with Crippen LogP contribution in [0.2, 0.25) is 0 Å². The second kappa shape index (κ2) is 8.64. The van der Waals surface area contributed by atoms with E-state index in [1.807, 2.05) is 0 Å². The van der Waals surface area contributed by atoms with Gasteiger partial charge < -0.3 is 16.2 Å². The normalized spacial score (nSPS) is 18.6. The molecule has 23 heavy (non-hydrogen) atoms. The summed E-state index contributed by atoms with van der Waals surface area (Å²) < 4.78 is 0.